The van der Waals surface area contributed by atoms with Crippen LogP contribution in [0.2, 0.25) is 0 Å². The van der Waals surface area contributed by atoms with Crippen LogP contribution in [0.15, 0.2) is 4.52 Å². The molecule has 0 N–H and O–H groups in total. The van der Waals surface area contributed by atoms with Crippen LogP contribution in [0.1, 0.15) is 62.5 Å². The Morgan fingerprint density at radius 3 is 2.67 bits per heavy atom. The van der Waals surface area contributed by atoms with Gasteiger partial charge in [0.15, 0.2) is 0 Å². The van der Waals surface area contributed by atoms with Crippen LogP contribution in [0.4, 0.5) is 0 Å². The number of hydrogen-bond donors (Lipinski definition) is 0. The highest BCUT2D eigenvalue weighted by Crippen LogP contribution is 2.56. The SMILES string of the molecule is CCO[C@H]1C[C@@H](N(C)C(=O)CCc2c(C)noc2C)C12CCCC2. The van der Waals surface area contributed by atoms with Gasteiger partial charge in [-0.05, 0) is 46.5 Å². The van der Waals surface area contributed by atoms with Crippen LogP contribution in [0.3, 0.4) is 0 Å². The number of rotatable bonds is 6. The highest BCUT2D eigenvalue weighted by molar-refractivity contribution is 5.77. The van der Waals surface area contributed by atoms with Crippen molar-refractivity contribution in [2.45, 2.75) is 77.9 Å². The molecular weight excluding hydrogens is 304 g/mol. The van der Waals surface area contributed by atoms with Crippen LogP contribution in [0.25, 0.3) is 0 Å². The summed E-state index contributed by atoms with van der Waals surface area (Å²) in [4.78, 5) is 14.7. The zero-order chi connectivity index (χ0) is 17.3. The van der Waals surface area contributed by atoms with Crippen LogP contribution < -0.4 is 0 Å². The van der Waals surface area contributed by atoms with E-state index in [1.165, 1.54) is 25.7 Å². The second kappa shape index (κ2) is 6.87. The Bertz CT molecular complexity index is 570. The molecule has 0 radical (unpaired) electrons. The molecule has 1 aromatic heterocycles. The summed E-state index contributed by atoms with van der Waals surface area (Å²) in [6, 6.07) is 0.341. The fourth-order valence-electron chi connectivity index (χ4n) is 4.83. The molecule has 0 aromatic carbocycles. The minimum absolute atomic E-state index is 0.212. The molecule has 1 heterocycles. The Kier molecular flexibility index (Phi) is 5.00. The van der Waals surface area contributed by atoms with E-state index < -0.39 is 0 Å². The molecule has 5 nitrogen and oxygen atoms in total. The summed E-state index contributed by atoms with van der Waals surface area (Å²) >= 11 is 0. The van der Waals surface area contributed by atoms with Crippen molar-refractivity contribution in [3.63, 3.8) is 0 Å². The first kappa shape index (κ1) is 17.5. The largest absolute Gasteiger partial charge is 0.378 e. The smallest absolute Gasteiger partial charge is 0.222 e. The van der Waals surface area contributed by atoms with Crippen LogP contribution in [0.5, 0.6) is 0 Å². The minimum Gasteiger partial charge on any atom is -0.378 e. The molecule has 1 spiro atoms. The summed E-state index contributed by atoms with van der Waals surface area (Å²) in [5, 5.41) is 3.97. The van der Waals surface area contributed by atoms with Gasteiger partial charge in [0.05, 0.1) is 11.8 Å². The molecular formula is C19H30N2O3. The van der Waals surface area contributed by atoms with Crippen molar-refractivity contribution in [2.24, 2.45) is 5.41 Å². The number of nitrogens with zero attached hydrogens (tertiary/aromatic N) is 2. The lowest BCUT2D eigenvalue weighted by Gasteiger charge is -2.57. The summed E-state index contributed by atoms with van der Waals surface area (Å²) < 4.78 is 11.2. The van der Waals surface area contributed by atoms with Crippen molar-refractivity contribution in [3.8, 4) is 0 Å². The van der Waals surface area contributed by atoms with Crippen LogP contribution >= 0.6 is 0 Å². The van der Waals surface area contributed by atoms with Crippen molar-refractivity contribution < 1.29 is 14.1 Å². The normalized spacial score (nSPS) is 25.0. The van der Waals surface area contributed by atoms with E-state index >= 15 is 0 Å². The first-order chi connectivity index (χ1) is 11.5. The van der Waals surface area contributed by atoms with E-state index in [0.717, 1.165) is 30.0 Å². The van der Waals surface area contributed by atoms with Gasteiger partial charge in [-0.2, -0.15) is 0 Å². The molecule has 0 aliphatic heterocycles. The molecule has 2 aliphatic carbocycles. The number of aryl methyl sites for hydroxylation is 2. The molecule has 2 aliphatic rings. The third-order valence-electron chi connectivity index (χ3n) is 6.28. The van der Waals surface area contributed by atoms with Crippen molar-refractivity contribution in [1.29, 1.82) is 0 Å². The second-order valence-electron chi connectivity index (χ2n) is 7.44. The summed E-state index contributed by atoms with van der Waals surface area (Å²) in [5.41, 5.74) is 2.19. The van der Waals surface area contributed by atoms with Gasteiger partial charge in [-0.3, -0.25) is 4.79 Å². The fourth-order valence-corrected chi connectivity index (χ4v) is 4.83. The van der Waals surface area contributed by atoms with E-state index in [2.05, 4.69) is 12.1 Å². The van der Waals surface area contributed by atoms with E-state index in [4.69, 9.17) is 9.26 Å². The Labute approximate surface area is 144 Å². The third-order valence-corrected chi connectivity index (χ3v) is 6.28. The summed E-state index contributed by atoms with van der Waals surface area (Å²) in [7, 11) is 1.97. The predicted molar refractivity (Wildman–Crippen MR) is 91.8 cm³/mol. The molecule has 24 heavy (non-hydrogen) atoms. The van der Waals surface area contributed by atoms with Crippen molar-refractivity contribution >= 4 is 5.91 Å². The fraction of sp³-hybridized carbons (Fsp3) is 0.789. The van der Waals surface area contributed by atoms with Gasteiger partial charge in [-0.25, -0.2) is 0 Å². The van der Waals surface area contributed by atoms with E-state index in [1.54, 1.807) is 0 Å². The highest BCUT2D eigenvalue weighted by Gasteiger charge is 2.58. The van der Waals surface area contributed by atoms with Crippen molar-refractivity contribution in [3.05, 3.63) is 17.0 Å². The molecule has 0 saturated heterocycles. The van der Waals surface area contributed by atoms with Gasteiger partial charge in [-0.1, -0.05) is 18.0 Å². The molecule has 2 saturated carbocycles. The second-order valence-corrected chi connectivity index (χ2v) is 7.44. The predicted octanol–water partition coefficient (Wildman–Crippen LogP) is 3.42. The van der Waals surface area contributed by atoms with Crippen molar-refractivity contribution in [1.82, 2.24) is 10.1 Å². The summed E-state index contributed by atoms with van der Waals surface area (Å²) in [6.07, 6.45) is 7.48. The lowest BCUT2D eigenvalue weighted by molar-refractivity contribution is -0.172. The van der Waals surface area contributed by atoms with Gasteiger partial charge in [0, 0.05) is 37.1 Å². The van der Waals surface area contributed by atoms with Crippen LogP contribution in [-0.4, -0.2) is 41.8 Å². The number of carbonyl (C=O) groups excluding carboxylic acids is 1. The number of hydrogen-bond acceptors (Lipinski definition) is 4. The molecule has 0 bridgehead atoms. The topological polar surface area (TPSA) is 55.6 Å². The van der Waals surface area contributed by atoms with Gasteiger partial charge < -0.3 is 14.2 Å². The maximum atomic E-state index is 12.7. The van der Waals surface area contributed by atoms with Gasteiger partial charge in [0.1, 0.15) is 5.76 Å². The Balaban J connectivity index is 1.61. The van der Waals surface area contributed by atoms with Gasteiger partial charge in [0.25, 0.3) is 0 Å². The molecule has 1 amide bonds. The number of carbonyl (C=O) groups is 1. The maximum absolute atomic E-state index is 12.7. The standard InChI is InChI=1S/C19H30N2O3/c1-5-23-17-12-16(19(17)10-6-7-11-19)21(4)18(22)9-8-15-13(2)20-24-14(15)3/h16-17H,5-12H2,1-4H3/t16-,17+/m1/s1. The third kappa shape index (κ3) is 2.87. The average Bonchev–Trinajstić information content (AvgIpc) is 3.18. The molecule has 2 atom stereocenters. The number of amides is 1. The minimum atomic E-state index is 0.212. The summed E-state index contributed by atoms with van der Waals surface area (Å²) in [6.45, 7) is 6.68. The average molecular weight is 334 g/mol. The molecule has 134 valence electrons. The van der Waals surface area contributed by atoms with Gasteiger partial charge >= 0.3 is 0 Å². The molecule has 3 rings (SSSR count). The maximum Gasteiger partial charge on any atom is 0.222 e. The van der Waals surface area contributed by atoms with Gasteiger partial charge in [-0.15, -0.1) is 0 Å². The van der Waals surface area contributed by atoms with E-state index in [1.807, 2.05) is 25.8 Å². The number of aromatic nitrogens is 1. The van der Waals surface area contributed by atoms with Gasteiger partial charge in [0.2, 0.25) is 5.91 Å². The summed E-state index contributed by atoms with van der Waals surface area (Å²) in [5.74, 6) is 1.05. The lowest BCUT2D eigenvalue weighted by atomic mass is 9.60. The lowest BCUT2D eigenvalue weighted by Crippen LogP contribution is -2.64. The Hall–Kier alpha value is -1.36. The zero-order valence-electron chi connectivity index (χ0n) is 15.4. The molecule has 1 aromatic rings. The zero-order valence-corrected chi connectivity index (χ0v) is 15.4. The van der Waals surface area contributed by atoms with E-state index in [9.17, 15) is 4.79 Å². The highest BCUT2D eigenvalue weighted by atomic mass is 16.5. The Morgan fingerprint density at radius 2 is 2.08 bits per heavy atom. The van der Waals surface area contributed by atoms with Crippen LogP contribution in [-0.2, 0) is 16.0 Å². The van der Waals surface area contributed by atoms with Crippen molar-refractivity contribution in [2.75, 3.05) is 13.7 Å². The molecule has 0 unspecified atom stereocenters. The van der Waals surface area contributed by atoms with E-state index in [-0.39, 0.29) is 11.3 Å². The molecule has 5 heteroatoms. The Morgan fingerprint density at radius 1 is 1.38 bits per heavy atom. The van der Waals surface area contributed by atoms with E-state index in [0.29, 0.717) is 25.0 Å². The first-order valence-electron chi connectivity index (χ1n) is 9.28. The monoisotopic (exact) mass is 334 g/mol. The number of ether oxygens (including phenoxy) is 1. The quantitative estimate of drug-likeness (QED) is 0.800. The first-order valence-corrected chi connectivity index (χ1v) is 9.28. The molecule has 2 fully saturated rings. The van der Waals surface area contributed by atoms with Crippen LogP contribution in [0, 0.1) is 19.3 Å².